The number of nitrogens with zero attached hydrogens (tertiary/aromatic N) is 3. The second-order valence-corrected chi connectivity index (χ2v) is 4.12. The van der Waals surface area contributed by atoms with Crippen LogP contribution in [0.25, 0.3) is 0 Å². The number of carbonyl (C=O) groups excluding carboxylic acids is 2. The van der Waals surface area contributed by atoms with Crippen LogP contribution < -0.4 is 5.32 Å². The zero-order valence-electron chi connectivity index (χ0n) is 11.1. The molecule has 7 nitrogen and oxygen atoms in total. The van der Waals surface area contributed by atoms with E-state index >= 15 is 0 Å². The molecular formula is C13H14N4O3. The highest BCUT2D eigenvalue weighted by molar-refractivity contribution is 5.95. The van der Waals surface area contributed by atoms with E-state index in [1.807, 2.05) is 6.07 Å². The maximum atomic E-state index is 12.0. The van der Waals surface area contributed by atoms with Gasteiger partial charge in [0, 0.05) is 7.05 Å². The molecule has 0 aliphatic rings. The Morgan fingerprint density at radius 3 is 2.55 bits per heavy atom. The van der Waals surface area contributed by atoms with Crippen LogP contribution in [0.3, 0.4) is 0 Å². The third kappa shape index (κ3) is 3.00. The lowest BCUT2D eigenvalue weighted by molar-refractivity contribution is -0.143. The van der Waals surface area contributed by atoms with Gasteiger partial charge < -0.3 is 10.1 Å². The van der Waals surface area contributed by atoms with Crippen molar-refractivity contribution in [3.05, 3.63) is 47.8 Å². The van der Waals surface area contributed by atoms with Gasteiger partial charge in [-0.05, 0) is 5.56 Å². The van der Waals surface area contributed by atoms with E-state index in [4.69, 9.17) is 4.74 Å². The van der Waals surface area contributed by atoms with Gasteiger partial charge in [0.05, 0.1) is 13.3 Å². The van der Waals surface area contributed by atoms with Gasteiger partial charge in [-0.15, -0.1) is 5.10 Å². The average molecular weight is 274 g/mol. The Hall–Kier alpha value is -2.70. The van der Waals surface area contributed by atoms with E-state index in [0.29, 0.717) is 5.56 Å². The first kappa shape index (κ1) is 13.7. The molecule has 0 aliphatic heterocycles. The van der Waals surface area contributed by atoms with Crippen molar-refractivity contribution in [1.29, 1.82) is 0 Å². The summed E-state index contributed by atoms with van der Waals surface area (Å²) < 4.78 is 6.12. The van der Waals surface area contributed by atoms with E-state index in [2.05, 4.69) is 15.6 Å². The molecular weight excluding hydrogens is 260 g/mol. The Balaban J connectivity index is 2.21. The van der Waals surface area contributed by atoms with E-state index in [1.165, 1.54) is 18.0 Å². The molecule has 1 N–H and O–H groups in total. The highest BCUT2D eigenvalue weighted by atomic mass is 16.5. The van der Waals surface area contributed by atoms with Crippen molar-refractivity contribution in [3.8, 4) is 0 Å². The maximum Gasteiger partial charge on any atom is 0.333 e. The smallest absolute Gasteiger partial charge is 0.333 e. The number of aromatic nitrogens is 3. The summed E-state index contributed by atoms with van der Waals surface area (Å²) >= 11 is 0. The molecule has 0 spiro atoms. The van der Waals surface area contributed by atoms with Crippen LogP contribution in [0.4, 0.5) is 0 Å². The lowest BCUT2D eigenvalue weighted by atomic mass is 10.1. The SMILES string of the molecule is COC(=O)C(NC(=O)c1cn(C)nn1)c1ccccc1. The van der Waals surface area contributed by atoms with Gasteiger partial charge in [0.15, 0.2) is 11.7 Å². The molecule has 20 heavy (non-hydrogen) atoms. The summed E-state index contributed by atoms with van der Waals surface area (Å²) in [5.74, 6) is -1.04. The number of methoxy groups -OCH3 is 1. The number of amides is 1. The molecule has 0 radical (unpaired) electrons. The first-order valence-corrected chi connectivity index (χ1v) is 5.92. The predicted octanol–water partition coefficient (Wildman–Crippen LogP) is 0.459. The molecule has 2 rings (SSSR count). The van der Waals surface area contributed by atoms with Crippen molar-refractivity contribution in [1.82, 2.24) is 20.3 Å². The van der Waals surface area contributed by atoms with Crippen molar-refractivity contribution in [3.63, 3.8) is 0 Å². The van der Waals surface area contributed by atoms with E-state index in [-0.39, 0.29) is 5.69 Å². The van der Waals surface area contributed by atoms with E-state index in [0.717, 1.165) is 0 Å². The van der Waals surface area contributed by atoms with Crippen molar-refractivity contribution < 1.29 is 14.3 Å². The molecule has 1 atom stereocenters. The van der Waals surface area contributed by atoms with Gasteiger partial charge in [0.2, 0.25) is 0 Å². The van der Waals surface area contributed by atoms with Crippen LogP contribution in [0, 0.1) is 0 Å². The minimum absolute atomic E-state index is 0.136. The van der Waals surface area contributed by atoms with Crippen LogP contribution in [0.2, 0.25) is 0 Å². The molecule has 0 fully saturated rings. The van der Waals surface area contributed by atoms with Gasteiger partial charge in [-0.25, -0.2) is 4.79 Å². The lowest BCUT2D eigenvalue weighted by Gasteiger charge is -2.15. The second kappa shape index (κ2) is 5.96. The summed E-state index contributed by atoms with van der Waals surface area (Å²) in [5.41, 5.74) is 0.772. The number of benzene rings is 1. The number of ether oxygens (including phenoxy) is 1. The van der Waals surface area contributed by atoms with Gasteiger partial charge in [-0.1, -0.05) is 35.5 Å². The van der Waals surface area contributed by atoms with E-state index in [1.54, 1.807) is 31.3 Å². The molecule has 2 aromatic rings. The Bertz CT molecular complexity index is 609. The second-order valence-electron chi connectivity index (χ2n) is 4.12. The molecule has 0 bridgehead atoms. The Morgan fingerprint density at radius 1 is 1.30 bits per heavy atom. The van der Waals surface area contributed by atoms with Gasteiger partial charge in [-0.2, -0.15) is 0 Å². The van der Waals surface area contributed by atoms with Crippen LogP contribution in [0.5, 0.6) is 0 Å². The number of hydrogen-bond donors (Lipinski definition) is 1. The Morgan fingerprint density at radius 2 is 2.00 bits per heavy atom. The number of nitrogens with one attached hydrogen (secondary N) is 1. The molecule has 0 saturated carbocycles. The maximum absolute atomic E-state index is 12.0. The zero-order chi connectivity index (χ0) is 14.5. The van der Waals surface area contributed by atoms with E-state index in [9.17, 15) is 9.59 Å². The fourth-order valence-electron chi connectivity index (χ4n) is 1.70. The molecule has 1 heterocycles. The third-order valence-corrected chi connectivity index (χ3v) is 2.68. The predicted molar refractivity (Wildman–Crippen MR) is 69.7 cm³/mol. The van der Waals surface area contributed by atoms with E-state index < -0.39 is 17.9 Å². The summed E-state index contributed by atoms with van der Waals surface area (Å²) in [5, 5.41) is 9.95. The first-order valence-electron chi connectivity index (χ1n) is 5.92. The van der Waals surface area contributed by atoms with Crippen molar-refractivity contribution in [2.24, 2.45) is 7.05 Å². The zero-order valence-corrected chi connectivity index (χ0v) is 11.1. The van der Waals surface area contributed by atoms with Crippen LogP contribution in [0.15, 0.2) is 36.5 Å². The summed E-state index contributed by atoms with van der Waals surface area (Å²) in [7, 11) is 2.92. The Kier molecular flexibility index (Phi) is 4.09. The van der Waals surface area contributed by atoms with Gasteiger partial charge in [0.1, 0.15) is 0 Å². The van der Waals surface area contributed by atoms with Gasteiger partial charge in [-0.3, -0.25) is 9.48 Å². The molecule has 1 aromatic heterocycles. The molecule has 0 aliphatic carbocycles. The highest BCUT2D eigenvalue weighted by Crippen LogP contribution is 2.14. The monoisotopic (exact) mass is 274 g/mol. The van der Waals surface area contributed by atoms with Crippen LogP contribution in [-0.4, -0.2) is 34.0 Å². The lowest BCUT2D eigenvalue weighted by Crippen LogP contribution is -2.34. The number of rotatable bonds is 4. The van der Waals surface area contributed by atoms with Crippen molar-refractivity contribution in [2.45, 2.75) is 6.04 Å². The summed E-state index contributed by atoms with van der Waals surface area (Å²) in [4.78, 5) is 23.8. The van der Waals surface area contributed by atoms with Crippen molar-refractivity contribution in [2.75, 3.05) is 7.11 Å². The molecule has 7 heteroatoms. The minimum atomic E-state index is -0.879. The van der Waals surface area contributed by atoms with Crippen LogP contribution in [0.1, 0.15) is 22.1 Å². The number of carbonyl (C=O) groups is 2. The van der Waals surface area contributed by atoms with Gasteiger partial charge >= 0.3 is 5.97 Å². The molecule has 1 unspecified atom stereocenters. The Labute approximate surface area is 115 Å². The molecule has 1 amide bonds. The largest absolute Gasteiger partial charge is 0.467 e. The number of hydrogen-bond acceptors (Lipinski definition) is 5. The topological polar surface area (TPSA) is 86.1 Å². The normalized spacial score (nSPS) is 11.7. The standard InChI is InChI=1S/C13H14N4O3/c1-17-8-10(15-16-17)12(18)14-11(13(19)20-2)9-6-4-3-5-7-9/h3-8,11H,1-2H3,(H,14,18). The van der Waals surface area contributed by atoms with Crippen LogP contribution >= 0.6 is 0 Å². The minimum Gasteiger partial charge on any atom is -0.467 e. The first-order chi connectivity index (χ1) is 9.61. The number of esters is 1. The quantitative estimate of drug-likeness (QED) is 0.818. The number of aryl methyl sites for hydroxylation is 1. The van der Waals surface area contributed by atoms with Crippen molar-refractivity contribution >= 4 is 11.9 Å². The van der Waals surface area contributed by atoms with Crippen LogP contribution in [-0.2, 0) is 16.6 Å². The van der Waals surface area contributed by atoms with Gasteiger partial charge in [0.25, 0.3) is 5.91 Å². The summed E-state index contributed by atoms with van der Waals surface area (Å²) in [6.07, 6.45) is 1.47. The fraction of sp³-hybridized carbons (Fsp3) is 0.231. The molecule has 0 saturated heterocycles. The highest BCUT2D eigenvalue weighted by Gasteiger charge is 2.24. The fourth-order valence-corrected chi connectivity index (χ4v) is 1.70. The average Bonchev–Trinajstić information content (AvgIpc) is 2.91. The summed E-state index contributed by atoms with van der Waals surface area (Å²) in [6.45, 7) is 0. The third-order valence-electron chi connectivity index (χ3n) is 2.68. The summed E-state index contributed by atoms with van der Waals surface area (Å²) in [6, 6.07) is 7.97. The molecule has 104 valence electrons. The molecule has 1 aromatic carbocycles.